The van der Waals surface area contributed by atoms with Crippen LogP contribution in [-0.4, -0.2) is 13.0 Å². The quantitative estimate of drug-likeness (QED) is 0.710. The van der Waals surface area contributed by atoms with Crippen molar-refractivity contribution < 1.29 is 13.9 Å². The van der Waals surface area contributed by atoms with Gasteiger partial charge in [0.2, 0.25) is 5.91 Å². The molecule has 26 heavy (non-hydrogen) atoms. The Morgan fingerprint density at radius 1 is 1.23 bits per heavy atom. The summed E-state index contributed by atoms with van der Waals surface area (Å²) >= 11 is 0. The number of benzene rings is 2. The van der Waals surface area contributed by atoms with E-state index in [4.69, 9.17) is 9.15 Å². The molecule has 1 atom stereocenters. The van der Waals surface area contributed by atoms with Gasteiger partial charge in [-0.15, -0.1) is 0 Å². The van der Waals surface area contributed by atoms with Gasteiger partial charge in [0.25, 0.3) is 0 Å². The highest BCUT2D eigenvalue weighted by atomic mass is 16.5. The first-order chi connectivity index (χ1) is 12.6. The van der Waals surface area contributed by atoms with Crippen LogP contribution in [0.1, 0.15) is 35.6 Å². The van der Waals surface area contributed by atoms with E-state index in [0.717, 1.165) is 22.3 Å². The number of hydrogen-bond acceptors (Lipinski definition) is 3. The van der Waals surface area contributed by atoms with Gasteiger partial charge in [-0.3, -0.25) is 4.79 Å². The number of carbonyl (C=O) groups excluding carboxylic acids is 1. The van der Waals surface area contributed by atoms with Gasteiger partial charge in [-0.25, -0.2) is 0 Å². The van der Waals surface area contributed by atoms with Crippen molar-refractivity contribution >= 4 is 16.9 Å². The van der Waals surface area contributed by atoms with E-state index in [1.165, 1.54) is 24.0 Å². The number of nitrogens with one attached hydrogen (secondary N) is 1. The summed E-state index contributed by atoms with van der Waals surface area (Å²) in [5.74, 6) is 1.32. The van der Waals surface area contributed by atoms with Gasteiger partial charge in [0.15, 0.2) is 0 Å². The molecule has 1 heterocycles. The predicted molar refractivity (Wildman–Crippen MR) is 101 cm³/mol. The molecule has 1 aliphatic rings. The summed E-state index contributed by atoms with van der Waals surface area (Å²) in [4.78, 5) is 12.7. The summed E-state index contributed by atoms with van der Waals surface area (Å²) in [5, 5.41) is 4.19. The van der Waals surface area contributed by atoms with Crippen LogP contribution in [0.3, 0.4) is 0 Å². The molecule has 2 aromatic carbocycles. The predicted octanol–water partition coefficient (Wildman–Crippen LogP) is 4.56. The Balaban J connectivity index is 1.50. The number of carbonyl (C=O) groups is 1. The Morgan fingerprint density at radius 2 is 2.00 bits per heavy atom. The van der Waals surface area contributed by atoms with E-state index >= 15 is 0 Å². The lowest BCUT2D eigenvalue weighted by atomic mass is 10.0. The molecular weight excluding hydrogens is 326 g/mol. The number of aryl methyl sites for hydroxylation is 1. The van der Waals surface area contributed by atoms with Gasteiger partial charge < -0.3 is 14.5 Å². The molecule has 0 bridgehead atoms. The van der Waals surface area contributed by atoms with Crippen molar-refractivity contribution in [1.82, 2.24) is 5.32 Å². The van der Waals surface area contributed by atoms with Gasteiger partial charge >= 0.3 is 0 Å². The van der Waals surface area contributed by atoms with E-state index in [-0.39, 0.29) is 11.9 Å². The smallest absolute Gasteiger partial charge is 0.225 e. The first-order valence-corrected chi connectivity index (χ1v) is 9.04. The second-order valence-electron chi connectivity index (χ2n) is 7.09. The van der Waals surface area contributed by atoms with Crippen LogP contribution in [0, 0.1) is 12.8 Å². The topological polar surface area (TPSA) is 51.5 Å². The summed E-state index contributed by atoms with van der Waals surface area (Å²) in [5.41, 5.74) is 4.06. The second-order valence-corrected chi connectivity index (χ2v) is 7.09. The van der Waals surface area contributed by atoms with Crippen molar-refractivity contribution in [2.45, 2.75) is 32.2 Å². The van der Waals surface area contributed by atoms with Crippen LogP contribution >= 0.6 is 0 Å². The summed E-state index contributed by atoms with van der Waals surface area (Å²) < 4.78 is 10.8. The average Bonchev–Trinajstić information content (AvgIpc) is 3.42. The molecule has 1 amide bonds. The molecule has 4 nitrogen and oxygen atoms in total. The van der Waals surface area contributed by atoms with Crippen LogP contribution in [0.25, 0.3) is 11.0 Å². The Bertz CT molecular complexity index is 922. The number of amides is 1. The number of hydrogen-bond donors (Lipinski definition) is 1. The maximum absolute atomic E-state index is 12.7. The highest BCUT2D eigenvalue weighted by molar-refractivity contribution is 5.88. The van der Waals surface area contributed by atoms with Gasteiger partial charge in [0, 0.05) is 17.0 Å². The molecule has 1 unspecified atom stereocenters. The molecule has 0 spiro atoms. The molecule has 1 aromatic heterocycles. The standard InChI is InChI=1S/C22H23NO3/c1-14-3-5-15(6-4-14)22(16-7-8-16)23-21(24)11-17-13-26-20-12-18(25-2)9-10-19(17)20/h3-6,9-10,12-13,16,22H,7-8,11H2,1-2H3,(H,23,24). The van der Waals surface area contributed by atoms with E-state index in [1.54, 1.807) is 13.4 Å². The number of methoxy groups -OCH3 is 1. The summed E-state index contributed by atoms with van der Waals surface area (Å²) in [6, 6.07) is 14.2. The molecule has 4 heteroatoms. The third-order valence-electron chi connectivity index (χ3n) is 5.06. The van der Waals surface area contributed by atoms with Crippen molar-refractivity contribution in [1.29, 1.82) is 0 Å². The summed E-state index contributed by atoms with van der Waals surface area (Å²) in [6.07, 6.45) is 4.33. The third kappa shape index (κ3) is 3.45. The van der Waals surface area contributed by atoms with Gasteiger partial charge in [-0.05, 0) is 43.4 Å². The highest BCUT2D eigenvalue weighted by Gasteiger charge is 2.33. The molecule has 0 saturated heterocycles. The molecule has 1 fully saturated rings. The molecule has 3 aromatic rings. The Kier molecular flexibility index (Phi) is 4.41. The van der Waals surface area contributed by atoms with Crippen molar-refractivity contribution in [3.8, 4) is 5.75 Å². The number of ether oxygens (including phenoxy) is 1. The normalized spacial score (nSPS) is 15.0. The fraction of sp³-hybridized carbons (Fsp3) is 0.318. The van der Waals surface area contributed by atoms with Crippen molar-refractivity contribution in [2.75, 3.05) is 7.11 Å². The maximum Gasteiger partial charge on any atom is 0.225 e. The molecule has 0 aliphatic heterocycles. The zero-order valence-electron chi connectivity index (χ0n) is 15.1. The minimum absolute atomic E-state index is 0.0287. The molecule has 1 aliphatic carbocycles. The fourth-order valence-electron chi connectivity index (χ4n) is 3.40. The van der Waals surface area contributed by atoms with Gasteiger partial charge in [-0.2, -0.15) is 0 Å². The highest BCUT2D eigenvalue weighted by Crippen LogP contribution is 2.41. The van der Waals surface area contributed by atoms with Crippen molar-refractivity contribution in [3.05, 3.63) is 65.4 Å². The average molecular weight is 349 g/mol. The van der Waals surface area contributed by atoms with E-state index in [9.17, 15) is 4.79 Å². The molecule has 134 valence electrons. The Labute approximate surface area is 153 Å². The second kappa shape index (κ2) is 6.87. The Hall–Kier alpha value is -2.75. The zero-order valence-corrected chi connectivity index (χ0v) is 15.1. The molecule has 4 rings (SSSR count). The SMILES string of the molecule is COc1ccc2c(CC(=O)NC(c3ccc(C)cc3)C3CC3)coc2c1. The molecule has 0 radical (unpaired) electrons. The maximum atomic E-state index is 12.7. The first kappa shape index (κ1) is 16.7. The monoisotopic (exact) mass is 349 g/mol. The minimum atomic E-state index is 0.0287. The Morgan fingerprint density at radius 3 is 2.69 bits per heavy atom. The third-order valence-corrected chi connectivity index (χ3v) is 5.06. The van der Waals surface area contributed by atoms with Gasteiger partial charge in [-0.1, -0.05) is 29.8 Å². The van der Waals surface area contributed by atoms with E-state index in [2.05, 4.69) is 36.5 Å². The van der Waals surface area contributed by atoms with Crippen LogP contribution in [0.2, 0.25) is 0 Å². The summed E-state index contributed by atoms with van der Waals surface area (Å²) in [7, 11) is 1.63. The van der Waals surface area contributed by atoms with Crippen LogP contribution in [0.4, 0.5) is 0 Å². The van der Waals surface area contributed by atoms with E-state index in [1.807, 2.05) is 18.2 Å². The lowest BCUT2D eigenvalue weighted by molar-refractivity contribution is -0.121. The fourth-order valence-corrected chi connectivity index (χ4v) is 3.40. The van der Waals surface area contributed by atoms with Gasteiger partial charge in [0.05, 0.1) is 25.8 Å². The molecule has 1 saturated carbocycles. The number of rotatable bonds is 6. The zero-order chi connectivity index (χ0) is 18.1. The van der Waals surface area contributed by atoms with Crippen molar-refractivity contribution in [2.24, 2.45) is 5.92 Å². The van der Waals surface area contributed by atoms with Crippen LogP contribution < -0.4 is 10.1 Å². The van der Waals surface area contributed by atoms with Gasteiger partial charge in [0.1, 0.15) is 11.3 Å². The largest absolute Gasteiger partial charge is 0.497 e. The van der Waals surface area contributed by atoms with E-state index < -0.39 is 0 Å². The van der Waals surface area contributed by atoms with E-state index in [0.29, 0.717) is 12.3 Å². The summed E-state index contributed by atoms with van der Waals surface area (Å²) in [6.45, 7) is 2.08. The van der Waals surface area contributed by atoms with Crippen LogP contribution in [0.15, 0.2) is 53.1 Å². The molecule has 1 N–H and O–H groups in total. The lowest BCUT2D eigenvalue weighted by Gasteiger charge is -2.19. The van der Waals surface area contributed by atoms with Crippen LogP contribution in [0.5, 0.6) is 5.75 Å². The number of furan rings is 1. The van der Waals surface area contributed by atoms with Crippen molar-refractivity contribution in [3.63, 3.8) is 0 Å². The minimum Gasteiger partial charge on any atom is -0.497 e. The number of fused-ring (bicyclic) bond motifs is 1. The molecular formula is C22H23NO3. The first-order valence-electron chi connectivity index (χ1n) is 9.04. The lowest BCUT2D eigenvalue weighted by Crippen LogP contribution is -2.31. The van der Waals surface area contributed by atoms with Crippen LogP contribution in [-0.2, 0) is 11.2 Å².